The van der Waals surface area contributed by atoms with E-state index in [9.17, 15) is 10.2 Å². The zero-order valence-corrected chi connectivity index (χ0v) is 16.8. The molecule has 152 valence electrons. The second-order valence-corrected chi connectivity index (χ2v) is 6.54. The third-order valence-corrected chi connectivity index (χ3v) is 4.45. The van der Waals surface area contributed by atoms with Gasteiger partial charge in [0, 0.05) is 19.6 Å². The summed E-state index contributed by atoms with van der Waals surface area (Å²) in [5.74, 6) is -1.30. The third kappa shape index (κ3) is 9.31. The Morgan fingerprint density at radius 2 is 1.60 bits per heavy atom. The van der Waals surface area contributed by atoms with Crippen LogP contribution in [0.4, 0.5) is 0 Å². The highest BCUT2D eigenvalue weighted by molar-refractivity contribution is 4.78. The number of unbranched alkanes of at least 4 members (excludes halogenated alkanes) is 3. The van der Waals surface area contributed by atoms with Crippen LogP contribution in [0.15, 0.2) is 0 Å². The number of rotatable bonds is 17. The lowest BCUT2D eigenvalue weighted by Crippen LogP contribution is -2.52. The summed E-state index contributed by atoms with van der Waals surface area (Å²) in [5, 5.41) is 19.3. The molecule has 0 aromatic heterocycles. The van der Waals surface area contributed by atoms with Gasteiger partial charge in [-0.05, 0) is 26.2 Å². The monoisotopic (exact) mass is 364 g/mol. The van der Waals surface area contributed by atoms with Crippen LogP contribution in [0.25, 0.3) is 0 Å². The predicted molar refractivity (Wildman–Crippen MR) is 98.4 cm³/mol. The van der Waals surface area contributed by atoms with Gasteiger partial charge in [0.05, 0.1) is 19.8 Å². The van der Waals surface area contributed by atoms with Crippen LogP contribution in [-0.2, 0) is 18.9 Å². The van der Waals surface area contributed by atoms with Crippen molar-refractivity contribution in [2.45, 2.75) is 84.4 Å². The summed E-state index contributed by atoms with van der Waals surface area (Å²) in [5.41, 5.74) is 0. The van der Waals surface area contributed by atoms with Gasteiger partial charge in [-0.1, -0.05) is 40.0 Å². The topological polar surface area (TPSA) is 77.4 Å². The highest BCUT2D eigenvalue weighted by Crippen LogP contribution is 2.27. The lowest BCUT2D eigenvalue weighted by atomic mass is 10.1. The number of aliphatic hydroxyl groups excluding tert-OH is 2. The Morgan fingerprint density at radius 3 is 2.08 bits per heavy atom. The van der Waals surface area contributed by atoms with E-state index in [2.05, 4.69) is 13.8 Å². The average molecular weight is 365 g/mol. The summed E-state index contributed by atoms with van der Waals surface area (Å²) in [6.45, 7) is 8.79. The lowest BCUT2D eigenvalue weighted by Gasteiger charge is -2.40. The number of methoxy groups -OCH3 is 1. The van der Waals surface area contributed by atoms with E-state index in [0.29, 0.717) is 13.2 Å². The molecule has 0 fully saturated rings. The normalized spacial score (nSPS) is 17.9. The van der Waals surface area contributed by atoms with Crippen molar-refractivity contribution in [3.63, 3.8) is 0 Å². The first-order valence-electron chi connectivity index (χ1n) is 9.70. The summed E-state index contributed by atoms with van der Waals surface area (Å²) in [7, 11) is 1.52. The number of hydrogen-bond donors (Lipinski definition) is 2. The molecule has 6 heteroatoms. The molecule has 4 unspecified atom stereocenters. The van der Waals surface area contributed by atoms with Crippen LogP contribution in [0.1, 0.15) is 66.2 Å². The van der Waals surface area contributed by atoms with E-state index < -0.39 is 18.2 Å². The largest absolute Gasteiger partial charge is 0.396 e. The fourth-order valence-electron chi connectivity index (χ4n) is 2.53. The smallest absolute Gasteiger partial charge is 0.196 e. The molecule has 6 nitrogen and oxygen atoms in total. The second-order valence-electron chi connectivity index (χ2n) is 6.54. The lowest BCUT2D eigenvalue weighted by molar-refractivity contribution is -0.349. The van der Waals surface area contributed by atoms with Gasteiger partial charge in [-0.2, -0.15) is 0 Å². The first-order chi connectivity index (χ1) is 12.0. The van der Waals surface area contributed by atoms with Crippen LogP contribution < -0.4 is 0 Å². The molecule has 0 aliphatic rings. The Kier molecular flexibility index (Phi) is 14.7. The third-order valence-electron chi connectivity index (χ3n) is 4.45. The van der Waals surface area contributed by atoms with Gasteiger partial charge in [-0.25, -0.2) is 0 Å². The fourth-order valence-corrected chi connectivity index (χ4v) is 2.53. The van der Waals surface area contributed by atoms with Crippen molar-refractivity contribution in [1.82, 2.24) is 0 Å². The van der Waals surface area contributed by atoms with E-state index >= 15 is 0 Å². The summed E-state index contributed by atoms with van der Waals surface area (Å²) in [6.07, 6.45) is 4.50. The molecule has 0 rings (SSSR count). The molecule has 0 amide bonds. The van der Waals surface area contributed by atoms with Crippen LogP contribution in [-0.4, -0.2) is 61.9 Å². The van der Waals surface area contributed by atoms with Crippen molar-refractivity contribution in [1.29, 1.82) is 0 Å². The van der Waals surface area contributed by atoms with Crippen LogP contribution in [0.2, 0.25) is 0 Å². The van der Waals surface area contributed by atoms with Gasteiger partial charge in [0.15, 0.2) is 12.1 Å². The van der Waals surface area contributed by atoms with Crippen molar-refractivity contribution in [2.75, 3.05) is 33.5 Å². The Balaban J connectivity index is 5.11. The van der Waals surface area contributed by atoms with Gasteiger partial charge in [0.25, 0.3) is 0 Å². The average Bonchev–Trinajstić information content (AvgIpc) is 2.60. The summed E-state index contributed by atoms with van der Waals surface area (Å²) < 4.78 is 23.4. The first-order valence-corrected chi connectivity index (χ1v) is 9.70. The van der Waals surface area contributed by atoms with Gasteiger partial charge in [-0.15, -0.1) is 0 Å². The summed E-state index contributed by atoms with van der Waals surface area (Å²) in [6, 6.07) is 0. The van der Waals surface area contributed by atoms with E-state index in [0.717, 1.165) is 38.5 Å². The number of ether oxygens (including phenoxy) is 4. The van der Waals surface area contributed by atoms with Crippen LogP contribution in [0.3, 0.4) is 0 Å². The van der Waals surface area contributed by atoms with E-state index in [1.165, 1.54) is 7.11 Å². The Labute approximate surface area is 153 Å². The standard InChI is InChI=1S/C19H40O6/c1-6-9-11-12-23-18(16(8-3)14-20)25-19(4,17(15-21)22-5)24-13-10-7-2/h16-18,20-21H,6-15H2,1-5H3. The van der Waals surface area contributed by atoms with Crippen LogP contribution in [0, 0.1) is 5.92 Å². The van der Waals surface area contributed by atoms with E-state index in [1.54, 1.807) is 6.92 Å². The Morgan fingerprint density at radius 1 is 0.920 bits per heavy atom. The molecule has 0 saturated carbocycles. The van der Waals surface area contributed by atoms with Gasteiger partial charge in [0.1, 0.15) is 6.10 Å². The van der Waals surface area contributed by atoms with E-state index in [4.69, 9.17) is 18.9 Å². The molecule has 0 aliphatic carbocycles. The Bertz CT molecular complexity index is 294. The highest BCUT2D eigenvalue weighted by atomic mass is 16.8. The van der Waals surface area contributed by atoms with Gasteiger partial charge in [-0.3, -0.25) is 0 Å². The minimum absolute atomic E-state index is 0.0310. The molecule has 0 spiro atoms. The van der Waals surface area contributed by atoms with Crippen molar-refractivity contribution in [3.8, 4) is 0 Å². The minimum Gasteiger partial charge on any atom is -0.396 e. The fraction of sp³-hybridized carbons (Fsp3) is 1.00. The molecular formula is C19H40O6. The second kappa shape index (κ2) is 14.9. The summed E-state index contributed by atoms with van der Waals surface area (Å²) >= 11 is 0. The maximum absolute atomic E-state index is 9.68. The maximum Gasteiger partial charge on any atom is 0.196 e. The molecule has 0 bridgehead atoms. The molecule has 2 N–H and O–H groups in total. The predicted octanol–water partition coefficient (Wildman–Crippen LogP) is 3.09. The molecule has 4 atom stereocenters. The zero-order valence-electron chi connectivity index (χ0n) is 16.8. The molecule has 25 heavy (non-hydrogen) atoms. The Hall–Kier alpha value is -0.240. The SMILES string of the molecule is CCCCCOC(OC(C)(OCCCC)C(CO)OC)C(CC)CO. The van der Waals surface area contributed by atoms with Crippen LogP contribution >= 0.6 is 0 Å². The molecule has 0 heterocycles. The van der Waals surface area contributed by atoms with Crippen molar-refractivity contribution in [3.05, 3.63) is 0 Å². The quantitative estimate of drug-likeness (QED) is 0.305. The number of aliphatic hydroxyl groups is 2. The van der Waals surface area contributed by atoms with Crippen molar-refractivity contribution in [2.24, 2.45) is 5.92 Å². The molecule has 0 radical (unpaired) electrons. The van der Waals surface area contributed by atoms with Crippen molar-refractivity contribution >= 4 is 0 Å². The molecule has 0 aliphatic heterocycles. The molecule has 0 saturated heterocycles. The highest BCUT2D eigenvalue weighted by Gasteiger charge is 2.40. The minimum atomic E-state index is -1.14. The number of hydrogen-bond acceptors (Lipinski definition) is 6. The van der Waals surface area contributed by atoms with E-state index in [1.807, 2.05) is 6.92 Å². The maximum atomic E-state index is 9.68. The van der Waals surface area contributed by atoms with Gasteiger partial charge in [0.2, 0.25) is 0 Å². The first kappa shape index (κ1) is 24.8. The zero-order chi connectivity index (χ0) is 19.1. The van der Waals surface area contributed by atoms with Crippen molar-refractivity contribution < 1.29 is 29.2 Å². The summed E-state index contributed by atoms with van der Waals surface area (Å²) in [4.78, 5) is 0. The molecular weight excluding hydrogens is 324 g/mol. The molecule has 0 aromatic rings. The van der Waals surface area contributed by atoms with Gasteiger partial charge < -0.3 is 29.2 Å². The molecule has 0 aromatic carbocycles. The van der Waals surface area contributed by atoms with E-state index in [-0.39, 0.29) is 19.1 Å². The van der Waals surface area contributed by atoms with Gasteiger partial charge >= 0.3 is 0 Å². The van der Waals surface area contributed by atoms with Crippen LogP contribution in [0.5, 0.6) is 0 Å².